The number of nitrogens with zero attached hydrogens (tertiary/aromatic N) is 1. The largest absolute Gasteiger partial charge is 0.328 e. The molecule has 1 rings (SSSR count). The third-order valence-corrected chi connectivity index (χ3v) is 3.82. The maximum absolute atomic E-state index is 5.77. The average molecular weight is 226 g/mol. The van der Waals surface area contributed by atoms with Gasteiger partial charge in [0.25, 0.3) is 0 Å². The molecule has 0 aliphatic carbocycles. The molecule has 0 amide bonds. The van der Waals surface area contributed by atoms with Gasteiger partial charge in [-0.2, -0.15) is 0 Å². The summed E-state index contributed by atoms with van der Waals surface area (Å²) in [5.74, 6) is 1.72. The van der Waals surface area contributed by atoms with Crippen molar-refractivity contribution in [2.45, 2.75) is 65.5 Å². The minimum absolute atomic E-state index is 0.373. The summed E-state index contributed by atoms with van der Waals surface area (Å²) in [5, 5.41) is 0. The van der Waals surface area contributed by atoms with Crippen LogP contribution < -0.4 is 5.73 Å². The van der Waals surface area contributed by atoms with Gasteiger partial charge in [0, 0.05) is 25.2 Å². The van der Waals surface area contributed by atoms with Crippen LogP contribution in [0.25, 0.3) is 0 Å². The minimum atomic E-state index is 0.373. The summed E-state index contributed by atoms with van der Waals surface area (Å²) in [4.78, 5) is 2.67. The first kappa shape index (κ1) is 14.0. The SMILES string of the molecule is CC(N)CCCC(C)CN1CC(C)CC1C. The van der Waals surface area contributed by atoms with E-state index in [1.165, 1.54) is 38.8 Å². The predicted molar refractivity (Wildman–Crippen MR) is 71.5 cm³/mol. The maximum atomic E-state index is 5.77. The lowest BCUT2D eigenvalue weighted by atomic mass is 10.0. The van der Waals surface area contributed by atoms with Gasteiger partial charge in [0.05, 0.1) is 0 Å². The first-order valence-electron chi connectivity index (χ1n) is 6.98. The molecule has 4 atom stereocenters. The fourth-order valence-corrected chi connectivity index (χ4v) is 2.92. The Balaban J connectivity index is 2.16. The zero-order valence-corrected chi connectivity index (χ0v) is 11.6. The normalized spacial score (nSPS) is 30.6. The molecule has 2 nitrogen and oxygen atoms in total. The van der Waals surface area contributed by atoms with E-state index in [0.29, 0.717) is 6.04 Å². The minimum Gasteiger partial charge on any atom is -0.328 e. The Morgan fingerprint density at radius 1 is 1.25 bits per heavy atom. The van der Waals surface area contributed by atoms with Crippen molar-refractivity contribution in [3.8, 4) is 0 Å². The number of hydrogen-bond donors (Lipinski definition) is 1. The predicted octanol–water partition coefficient (Wildman–Crippen LogP) is 2.87. The smallest absolute Gasteiger partial charge is 0.00701 e. The van der Waals surface area contributed by atoms with Crippen LogP contribution in [0.3, 0.4) is 0 Å². The topological polar surface area (TPSA) is 29.3 Å². The van der Waals surface area contributed by atoms with Gasteiger partial charge in [-0.15, -0.1) is 0 Å². The molecule has 0 aromatic heterocycles. The lowest BCUT2D eigenvalue weighted by molar-refractivity contribution is 0.221. The number of nitrogens with two attached hydrogens (primary N) is 1. The molecule has 2 N–H and O–H groups in total. The Morgan fingerprint density at radius 2 is 1.94 bits per heavy atom. The van der Waals surface area contributed by atoms with Crippen molar-refractivity contribution >= 4 is 0 Å². The van der Waals surface area contributed by atoms with Gasteiger partial charge in [-0.25, -0.2) is 0 Å². The molecule has 0 aromatic carbocycles. The molecule has 1 aliphatic heterocycles. The van der Waals surface area contributed by atoms with E-state index in [1.807, 2.05) is 0 Å². The Hall–Kier alpha value is -0.0800. The molecule has 1 fully saturated rings. The summed E-state index contributed by atoms with van der Waals surface area (Å²) in [6.07, 6.45) is 5.18. The summed E-state index contributed by atoms with van der Waals surface area (Å²) in [6, 6.07) is 1.17. The molecule has 0 bridgehead atoms. The summed E-state index contributed by atoms with van der Waals surface area (Å²) < 4.78 is 0. The number of rotatable bonds is 6. The Morgan fingerprint density at radius 3 is 2.44 bits per heavy atom. The van der Waals surface area contributed by atoms with Crippen molar-refractivity contribution in [1.82, 2.24) is 4.90 Å². The lowest BCUT2D eigenvalue weighted by Crippen LogP contribution is -2.31. The van der Waals surface area contributed by atoms with Crippen LogP contribution in [0.4, 0.5) is 0 Å². The Bertz CT molecular complexity index is 191. The monoisotopic (exact) mass is 226 g/mol. The molecule has 4 unspecified atom stereocenters. The molecule has 1 saturated heterocycles. The molecule has 0 aromatic rings. The van der Waals surface area contributed by atoms with Gasteiger partial charge in [-0.1, -0.05) is 20.3 Å². The van der Waals surface area contributed by atoms with Crippen LogP contribution in [-0.2, 0) is 0 Å². The standard InChI is InChI=1S/C14H30N2/c1-11(6-5-7-13(3)15)9-16-10-12(2)8-14(16)4/h11-14H,5-10,15H2,1-4H3. The van der Waals surface area contributed by atoms with Crippen molar-refractivity contribution in [2.24, 2.45) is 17.6 Å². The van der Waals surface area contributed by atoms with E-state index in [9.17, 15) is 0 Å². The van der Waals surface area contributed by atoms with E-state index in [0.717, 1.165) is 17.9 Å². The second kappa shape index (κ2) is 6.61. The van der Waals surface area contributed by atoms with Gasteiger partial charge in [0.2, 0.25) is 0 Å². The van der Waals surface area contributed by atoms with Crippen molar-refractivity contribution in [2.75, 3.05) is 13.1 Å². The first-order valence-corrected chi connectivity index (χ1v) is 6.98. The molecule has 16 heavy (non-hydrogen) atoms. The fourth-order valence-electron chi connectivity index (χ4n) is 2.92. The summed E-state index contributed by atoms with van der Waals surface area (Å²) in [6.45, 7) is 11.8. The molecule has 0 spiro atoms. The molecule has 0 saturated carbocycles. The van der Waals surface area contributed by atoms with Crippen LogP contribution in [0, 0.1) is 11.8 Å². The van der Waals surface area contributed by atoms with E-state index in [4.69, 9.17) is 5.73 Å². The lowest BCUT2D eigenvalue weighted by Gasteiger charge is -2.25. The molecule has 1 heterocycles. The van der Waals surface area contributed by atoms with E-state index >= 15 is 0 Å². The molecule has 1 aliphatic rings. The molecular formula is C14H30N2. The highest BCUT2D eigenvalue weighted by Gasteiger charge is 2.26. The van der Waals surface area contributed by atoms with Crippen LogP contribution in [-0.4, -0.2) is 30.1 Å². The van der Waals surface area contributed by atoms with Crippen LogP contribution >= 0.6 is 0 Å². The van der Waals surface area contributed by atoms with Crippen molar-refractivity contribution < 1.29 is 0 Å². The van der Waals surface area contributed by atoms with E-state index in [-0.39, 0.29) is 0 Å². The highest BCUT2D eigenvalue weighted by Crippen LogP contribution is 2.24. The van der Waals surface area contributed by atoms with Gasteiger partial charge < -0.3 is 10.6 Å². The number of hydrogen-bond acceptors (Lipinski definition) is 2. The molecule has 2 heteroatoms. The van der Waals surface area contributed by atoms with E-state index < -0.39 is 0 Å². The second-order valence-electron chi connectivity index (χ2n) is 6.16. The van der Waals surface area contributed by atoms with Crippen molar-refractivity contribution in [1.29, 1.82) is 0 Å². The van der Waals surface area contributed by atoms with Crippen LogP contribution in [0.5, 0.6) is 0 Å². The van der Waals surface area contributed by atoms with Gasteiger partial charge in [0.1, 0.15) is 0 Å². The zero-order valence-electron chi connectivity index (χ0n) is 11.6. The third-order valence-electron chi connectivity index (χ3n) is 3.82. The third kappa shape index (κ3) is 4.84. The highest BCUT2D eigenvalue weighted by atomic mass is 15.2. The van der Waals surface area contributed by atoms with Crippen LogP contribution in [0.15, 0.2) is 0 Å². The van der Waals surface area contributed by atoms with Crippen LogP contribution in [0.2, 0.25) is 0 Å². The quantitative estimate of drug-likeness (QED) is 0.754. The van der Waals surface area contributed by atoms with E-state index in [1.54, 1.807) is 0 Å². The van der Waals surface area contributed by atoms with Gasteiger partial charge in [0.15, 0.2) is 0 Å². The average Bonchev–Trinajstić information content (AvgIpc) is 2.44. The van der Waals surface area contributed by atoms with Gasteiger partial charge in [-0.05, 0) is 44.9 Å². The summed E-state index contributed by atoms with van der Waals surface area (Å²) in [7, 11) is 0. The first-order chi connectivity index (χ1) is 7.49. The molecular weight excluding hydrogens is 196 g/mol. The van der Waals surface area contributed by atoms with Crippen molar-refractivity contribution in [3.05, 3.63) is 0 Å². The summed E-state index contributed by atoms with van der Waals surface area (Å²) >= 11 is 0. The summed E-state index contributed by atoms with van der Waals surface area (Å²) in [5.41, 5.74) is 5.77. The highest BCUT2D eigenvalue weighted by molar-refractivity contribution is 4.81. The Kier molecular flexibility index (Phi) is 5.77. The number of likely N-dealkylation sites (tertiary alicyclic amines) is 1. The Labute approximate surface area is 102 Å². The van der Waals surface area contributed by atoms with Crippen LogP contribution in [0.1, 0.15) is 53.4 Å². The maximum Gasteiger partial charge on any atom is 0.00701 e. The molecule has 0 radical (unpaired) electrons. The zero-order chi connectivity index (χ0) is 12.1. The molecule has 96 valence electrons. The van der Waals surface area contributed by atoms with Gasteiger partial charge >= 0.3 is 0 Å². The fraction of sp³-hybridized carbons (Fsp3) is 1.00. The van der Waals surface area contributed by atoms with Gasteiger partial charge in [-0.3, -0.25) is 0 Å². The second-order valence-corrected chi connectivity index (χ2v) is 6.16. The van der Waals surface area contributed by atoms with E-state index in [2.05, 4.69) is 32.6 Å². The van der Waals surface area contributed by atoms with Crippen molar-refractivity contribution in [3.63, 3.8) is 0 Å².